The van der Waals surface area contributed by atoms with Gasteiger partial charge in [-0.3, -0.25) is 9.59 Å². The lowest BCUT2D eigenvalue weighted by molar-refractivity contribution is -0.144. The van der Waals surface area contributed by atoms with Crippen LogP contribution in [0, 0.1) is 13.8 Å². The molecule has 0 spiro atoms. The molecule has 0 aliphatic heterocycles. The Kier molecular flexibility index (Phi) is 4.81. The molecule has 1 aromatic carbocycles. The van der Waals surface area contributed by atoms with Crippen molar-refractivity contribution in [2.75, 3.05) is 6.54 Å². The van der Waals surface area contributed by atoms with Crippen molar-refractivity contribution in [2.45, 2.75) is 39.2 Å². The number of aryl methyl sites for hydroxylation is 1. The Morgan fingerprint density at radius 1 is 1.28 bits per heavy atom. The Hall–Kier alpha value is -2.34. The van der Waals surface area contributed by atoms with Crippen molar-refractivity contribution in [3.8, 4) is 5.69 Å². The van der Waals surface area contributed by atoms with E-state index in [4.69, 9.17) is 16.7 Å². The third-order valence-electron chi connectivity index (χ3n) is 4.45. The van der Waals surface area contributed by atoms with Crippen LogP contribution in [0.4, 0.5) is 0 Å². The van der Waals surface area contributed by atoms with Crippen molar-refractivity contribution < 1.29 is 14.7 Å². The Morgan fingerprint density at radius 3 is 2.48 bits per heavy atom. The van der Waals surface area contributed by atoms with Gasteiger partial charge in [0.05, 0.1) is 17.8 Å². The average molecular weight is 362 g/mol. The Morgan fingerprint density at radius 2 is 1.92 bits per heavy atom. The number of halogens is 1. The fraction of sp³-hybridized carbons (Fsp3) is 0.389. The number of aliphatic carboxylic acids is 1. The highest BCUT2D eigenvalue weighted by Crippen LogP contribution is 2.28. The third-order valence-corrected chi connectivity index (χ3v) is 4.71. The highest BCUT2D eigenvalue weighted by Gasteiger charge is 2.34. The Bertz CT molecular complexity index is 810. The van der Waals surface area contributed by atoms with Crippen LogP contribution >= 0.6 is 11.6 Å². The minimum atomic E-state index is -0.981. The molecule has 1 N–H and O–H groups in total. The quantitative estimate of drug-likeness (QED) is 0.858. The molecule has 25 heavy (non-hydrogen) atoms. The zero-order valence-electron chi connectivity index (χ0n) is 14.2. The van der Waals surface area contributed by atoms with Crippen LogP contribution in [0.3, 0.4) is 0 Å². The SMILES string of the molecule is Cc1nn(-c2ccc(Cl)cc2)c(C)c1CC(=O)N(CC(=O)O)C1CC1. The maximum atomic E-state index is 12.6. The number of hydrogen-bond acceptors (Lipinski definition) is 3. The summed E-state index contributed by atoms with van der Waals surface area (Å²) in [6.45, 7) is 3.53. The largest absolute Gasteiger partial charge is 0.480 e. The lowest BCUT2D eigenvalue weighted by Gasteiger charge is -2.20. The molecule has 0 radical (unpaired) electrons. The van der Waals surface area contributed by atoms with Gasteiger partial charge in [0.25, 0.3) is 0 Å². The third kappa shape index (κ3) is 3.85. The van der Waals surface area contributed by atoms with Crippen molar-refractivity contribution in [1.82, 2.24) is 14.7 Å². The molecule has 0 atom stereocenters. The standard InChI is InChI=1S/C18H20ClN3O3/c1-11-16(9-17(23)21(10-18(24)25)14-7-8-14)12(2)22(20-11)15-5-3-13(19)4-6-15/h3-6,14H,7-10H2,1-2H3,(H,24,25). The number of carboxylic acids is 1. The smallest absolute Gasteiger partial charge is 0.323 e. The molecule has 1 amide bonds. The summed E-state index contributed by atoms with van der Waals surface area (Å²) in [6.07, 6.45) is 1.91. The number of rotatable bonds is 6. The van der Waals surface area contributed by atoms with Crippen LogP contribution in [0.5, 0.6) is 0 Å². The number of amides is 1. The zero-order valence-corrected chi connectivity index (χ0v) is 15.0. The van der Waals surface area contributed by atoms with E-state index in [1.165, 1.54) is 4.90 Å². The van der Waals surface area contributed by atoms with E-state index < -0.39 is 5.97 Å². The van der Waals surface area contributed by atoms with Gasteiger partial charge >= 0.3 is 5.97 Å². The molecule has 0 bridgehead atoms. The molecule has 2 aromatic rings. The topological polar surface area (TPSA) is 75.4 Å². The van der Waals surface area contributed by atoms with E-state index in [9.17, 15) is 9.59 Å². The number of carbonyl (C=O) groups excluding carboxylic acids is 1. The first-order valence-electron chi connectivity index (χ1n) is 8.19. The highest BCUT2D eigenvalue weighted by molar-refractivity contribution is 6.30. The molecule has 0 saturated heterocycles. The molecule has 132 valence electrons. The maximum Gasteiger partial charge on any atom is 0.323 e. The number of hydrogen-bond donors (Lipinski definition) is 1. The number of carboxylic acid groups (broad SMARTS) is 1. The van der Waals surface area contributed by atoms with Gasteiger partial charge in [-0.15, -0.1) is 0 Å². The summed E-state index contributed by atoms with van der Waals surface area (Å²) in [5.74, 6) is -1.14. The summed E-state index contributed by atoms with van der Waals surface area (Å²) in [7, 11) is 0. The van der Waals surface area contributed by atoms with Gasteiger partial charge in [-0.1, -0.05) is 11.6 Å². The molecule has 1 aliphatic carbocycles. The van der Waals surface area contributed by atoms with Gasteiger partial charge in [-0.2, -0.15) is 5.10 Å². The minimum Gasteiger partial charge on any atom is -0.480 e. The lowest BCUT2D eigenvalue weighted by atomic mass is 10.1. The van der Waals surface area contributed by atoms with Crippen molar-refractivity contribution >= 4 is 23.5 Å². The molecule has 1 heterocycles. The van der Waals surface area contributed by atoms with Crippen molar-refractivity contribution in [2.24, 2.45) is 0 Å². The molecular weight excluding hydrogens is 342 g/mol. The van der Waals surface area contributed by atoms with E-state index in [-0.39, 0.29) is 24.9 Å². The predicted molar refractivity (Wildman–Crippen MR) is 94.1 cm³/mol. The normalized spacial score (nSPS) is 13.7. The number of aromatic nitrogens is 2. The van der Waals surface area contributed by atoms with E-state index in [1.54, 1.807) is 16.8 Å². The van der Waals surface area contributed by atoms with Gasteiger partial charge in [0.15, 0.2) is 0 Å². The molecule has 6 nitrogen and oxygen atoms in total. The molecule has 1 saturated carbocycles. The van der Waals surface area contributed by atoms with Crippen LogP contribution < -0.4 is 0 Å². The summed E-state index contributed by atoms with van der Waals surface area (Å²) in [4.78, 5) is 25.1. The molecule has 1 aromatic heterocycles. The monoisotopic (exact) mass is 361 g/mol. The van der Waals surface area contributed by atoms with Gasteiger partial charge < -0.3 is 10.0 Å². The van der Waals surface area contributed by atoms with Gasteiger partial charge in [0.2, 0.25) is 5.91 Å². The molecule has 7 heteroatoms. The second-order valence-corrected chi connectivity index (χ2v) is 6.80. The molecule has 3 rings (SSSR count). The van der Waals surface area contributed by atoms with Gasteiger partial charge in [0.1, 0.15) is 6.54 Å². The fourth-order valence-corrected chi connectivity index (χ4v) is 3.10. The predicted octanol–water partition coefficient (Wildman–Crippen LogP) is 2.76. The summed E-state index contributed by atoms with van der Waals surface area (Å²) in [6, 6.07) is 7.39. The second-order valence-electron chi connectivity index (χ2n) is 6.36. The first-order valence-corrected chi connectivity index (χ1v) is 8.57. The summed E-state index contributed by atoms with van der Waals surface area (Å²) in [5, 5.41) is 14.2. The number of carbonyl (C=O) groups is 2. The highest BCUT2D eigenvalue weighted by atomic mass is 35.5. The second kappa shape index (κ2) is 6.88. The summed E-state index contributed by atoms with van der Waals surface area (Å²) >= 11 is 5.93. The van der Waals surface area contributed by atoms with Gasteiger partial charge in [0, 0.05) is 22.3 Å². The van der Waals surface area contributed by atoms with Crippen LogP contribution in [-0.4, -0.2) is 44.3 Å². The van der Waals surface area contributed by atoms with E-state index in [2.05, 4.69) is 5.10 Å². The first-order chi connectivity index (χ1) is 11.9. The van der Waals surface area contributed by atoms with Gasteiger partial charge in [-0.25, -0.2) is 4.68 Å². The summed E-state index contributed by atoms with van der Waals surface area (Å²) < 4.78 is 1.78. The molecular formula is C18H20ClN3O3. The van der Waals surface area contributed by atoms with E-state index in [0.717, 1.165) is 35.5 Å². The van der Waals surface area contributed by atoms with E-state index in [0.29, 0.717) is 5.02 Å². The van der Waals surface area contributed by atoms with Crippen LogP contribution in [0.1, 0.15) is 29.8 Å². The number of nitrogens with zero attached hydrogens (tertiary/aromatic N) is 3. The van der Waals surface area contributed by atoms with Crippen molar-refractivity contribution in [3.05, 3.63) is 46.2 Å². The van der Waals surface area contributed by atoms with E-state index in [1.807, 2.05) is 26.0 Å². The fourth-order valence-electron chi connectivity index (χ4n) is 2.97. The maximum absolute atomic E-state index is 12.6. The van der Waals surface area contributed by atoms with Crippen LogP contribution in [0.2, 0.25) is 5.02 Å². The minimum absolute atomic E-state index is 0.0653. The van der Waals surface area contributed by atoms with Crippen molar-refractivity contribution in [3.63, 3.8) is 0 Å². The first kappa shape index (κ1) is 17.5. The Labute approximate surface area is 151 Å². The van der Waals surface area contributed by atoms with Gasteiger partial charge in [-0.05, 0) is 51.0 Å². The van der Waals surface area contributed by atoms with Crippen LogP contribution in [0.25, 0.3) is 5.69 Å². The lowest BCUT2D eigenvalue weighted by Crippen LogP contribution is -2.38. The average Bonchev–Trinajstić information content (AvgIpc) is 3.36. The van der Waals surface area contributed by atoms with E-state index >= 15 is 0 Å². The van der Waals surface area contributed by atoms with Crippen LogP contribution in [-0.2, 0) is 16.0 Å². The molecule has 1 fully saturated rings. The molecule has 1 aliphatic rings. The zero-order chi connectivity index (χ0) is 18.1. The Balaban J connectivity index is 1.84. The van der Waals surface area contributed by atoms with Crippen LogP contribution in [0.15, 0.2) is 24.3 Å². The number of benzene rings is 1. The van der Waals surface area contributed by atoms with Crippen molar-refractivity contribution in [1.29, 1.82) is 0 Å². The summed E-state index contributed by atoms with van der Waals surface area (Å²) in [5.41, 5.74) is 3.36. The molecule has 0 unspecified atom stereocenters.